The fourth-order valence-corrected chi connectivity index (χ4v) is 4.87. The van der Waals surface area contributed by atoms with Crippen molar-refractivity contribution in [3.05, 3.63) is 83.2 Å². The van der Waals surface area contributed by atoms with Crippen molar-refractivity contribution in [1.82, 2.24) is 9.88 Å². The predicted octanol–water partition coefficient (Wildman–Crippen LogP) is 3.76. The number of ether oxygens (including phenoxy) is 1. The highest BCUT2D eigenvalue weighted by Crippen LogP contribution is 2.27. The molecule has 1 N–H and O–H groups in total. The molecule has 0 saturated carbocycles. The van der Waals surface area contributed by atoms with Gasteiger partial charge < -0.3 is 14.2 Å². The van der Waals surface area contributed by atoms with Gasteiger partial charge in [-0.3, -0.25) is 19.8 Å². The Kier molecular flexibility index (Phi) is 6.23. The number of nitrogens with one attached hydrogen (secondary N) is 1. The van der Waals surface area contributed by atoms with Crippen LogP contribution in [0.2, 0.25) is 0 Å². The molecule has 3 aromatic rings. The van der Waals surface area contributed by atoms with Crippen LogP contribution in [0.1, 0.15) is 17.0 Å². The van der Waals surface area contributed by atoms with E-state index >= 15 is 0 Å². The highest BCUT2D eigenvalue weighted by atomic mass is 32.1. The average Bonchev–Trinajstić information content (AvgIpc) is 3.15. The molecule has 35 heavy (non-hydrogen) atoms. The summed E-state index contributed by atoms with van der Waals surface area (Å²) in [6, 6.07) is 19.5. The second-order valence-corrected chi connectivity index (χ2v) is 8.96. The molecule has 2 amide bonds. The number of benzene rings is 2. The third-order valence-corrected chi connectivity index (χ3v) is 6.65. The summed E-state index contributed by atoms with van der Waals surface area (Å²) in [5.41, 5.74) is 5.60. The maximum atomic E-state index is 13.3. The van der Waals surface area contributed by atoms with E-state index in [1.54, 1.807) is 18.2 Å². The van der Waals surface area contributed by atoms with Crippen LogP contribution >= 0.6 is 12.2 Å². The molecule has 8 heteroatoms. The van der Waals surface area contributed by atoms with Crippen molar-refractivity contribution in [2.24, 2.45) is 0 Å². The molecule has 2 fully saturated rings. The van der Waals surface area contributed by atoms with Crippen molar-refractivity contribution >= 4 is 46.6 Å². The number of aromatic nitrogens is 1. The van der Waals surface area contributed by atoms with Gasteiger partial charge in [0.2, 0.25) is 0 Å². The first-order valence-electron chi connectivity index (χ1n) is 11.5. The van der Waals surface area contributed by atoms with Crippen LogP contribution in [0.25, 0.3) is 11.8 Å². The van der Waals surface area contributed by atoms with Crippen LogP contribution in [0.3, 0.4) is 0 Å². The van der Waals surface area contributed by atoms with Crippen molar-refractivity contribution in [3.63, 3.8) is 0 Å². The first-order chi connectivity index (χ1) is 16.9. The summed E-state index contributed by atoms with van der Waals surface area (Å²) in [4.78, 5) is 29.7. The molecular weight excluding hydrogens is 460 g/mol. The van der Waals surface area contributed by atoms with E-state index < -0.39 is 11.8 Å². The van der Waals surface area contributed by atoms with Crippen LogP contribution in [0.5, 0.6) is 0 Å². The molecule has 0 spiro atoms. The van der Waals surface area contributed by atoms with E-state index in [4.69, 9.17) is 17.0 Å². The molecule has 2 aliphatic rings. The van der Waals surface area contributed by atoms with Crippen LogP contribution in [-0.4, -0.2) is 47.8 Å². The zero-order chi connectivity index (χ0) is 24.5. The van der Waals surface area contributed by atoms with Crippen LogP contribution in [-0.2, 0) is 14.3 Å². The lowest BCUT2D eigenvalue weighted by molar-refractivity contribution is -0.122. The second-order valence-electron chi connectivity index (χ2n) is 8.57. The van der Waals surface area contributed by atoms with Crippen molar-refractivity contribution < 1.29 is 14.3 Å². The Balaban J connectivity index is 1.46. The van der Waals surface area contributed by atoms with E-state index in [2.05, 4.69) is 39.0 Å². The molecule has 0 atom stereocenters. The lowest BCUT2D eigenvalue weighted by Crippen LogP contribution is -2.54. The van der Waals surface area contributed by atoms with E-state index in [0.717, 1.165) is 48.9 Å². The summed E-state index contributed by atoms with van der Waals surface area (Å²) in [5.74, 6) is -0.934. The Morgan fingerprint density at radius 1 is 0.914 bits per heavy atom. The number of nitrogens with zero attached hydrogens (tertiary/aromatic N) is 3. The molecule has 2 aliphatic heterocycles. The summed E-state index contributed by atoms with van der Waals surface area (Å²) >= 11 is 5.28. The third kappa shape index (κ3) is 4.38. The Hall–Kier alpha value is -3.75. The Bertz CT molecular complexity index is 1320. The number of carbonyl (C=O) groups excluding carboxylic acids is 2. The molecule has 1 aromatic heterocycles. The number of rotatable bonds is 4. The van der Waals surface area contributed by atoms with E-state index in [-0.39, 0.29) is 10.7 Å². The van der Waals surface area contributed by atoms with Gasteiger partial charge in [-0.15, -0.1) is 0 Å². The summed E-state index contributed by atoms with van der Waals surface area (Å²) in [6.07, 6.45) is 1.65. The molecule has 178 valence electrons. The van der Waals surface area contributed by atoms with E-state index in [1.165, 1.54) is 10.6 Å². The van der Waals surface area contributed by atoms with Gasteiger partial charge >= 0.3 is 0 Å². The lowest BCUT2D eigenvalue weighted by Gasteiger charge is -2.29. The van der Waals surface area contributed by atoms with Gasteiger partial charge in [0.15, 0.2) is 5.11 Å². The lowest BCUT2D eigenvalue weighted by atomic mass is 10.1. The van der Waals surface area contributed by atoms with Crippen molar-refractivity contribution in [2.45, 2.75) is 13.8 Å². The van der Waals surface area contributed by atoms with Crippen LogP contribution < -0.4 is 15.1 Å². The molecule has 2 aromatic carbocycles. The Morgan fingerprint density at radius 3 is 2.26 bits per heavy atom. The summed E-state index contributed by atoms with van der Waals surface area (Å²) in [6.45, 7) is 7.26. The minimum Gasteiger partial charge on any atom is -0.378 e. The standard InChI is InChI=1S/C27H26N4O3S/c1-18-16-20(17-24-25(32)28-27(35)31(26(24)33)22-6-4-3-5-7-22)19(2)30(18)23-10-8-21(9-11-23)29-12-14-34-15-13-29/h3-11,16-17H,12-15H2,1-2H3,(H,28,32,35)/b24-17-. The number of carbonyl (C=O) groups is 2. The van der Waals surface area contributed by atoms with Crippen molar-refractivity contribution in [3.8, 4) is 5.69 Å². The van der Waals surface area contributed by atoms with Gasteiger partial charge in [-0.1, -0.05) is 18.2 Å². The second kappa shape index (κ2) is 9.48. The minimum absolute atomic E-state index is 0.0466. The zero-order valence-electron chi connectivity index (χ0n) is 19.7. The number of hydrogen-bond acceptors (Lipinski definition) is 5. The van der Waals surface area contributed by atoms with E-state index in [0.29, 0.717) is 5.69 Å². The number of thiocarbonyl (C=S) groups is 1. The van der Waals surface area contributed by atoms with Gasteiger partial charge in [0.25, 0.3) is 11.8 Å². The largest absolute Gasteiger partial charge is 0.378 e. The van der Waals surface area contributed by atoms with Gasteiger partial charge in [-0.25, -0.2) is 0 Å². The van der Waals surface area contributed by atoms with Gasteiger partial charge in [-0.2, -0.15) is 0 Å². The normalized spacial score (nSPS) is 17.8. The van der Waals surface area contributed by atoms with Crippen LogP contribution in [0.15, 0.2) is 66.2 Å². The van der Waals surface area contributed by atoms with Crippen molar-refractivity contribution in [2.75, 3.05) is 36.1 Å². The number of para-hydroxylation sites is 1. The van der Waals surface area contributed by atoms with Gasteiger partial charge in [0.1, 0.15) is 5.57 Å². The number of morpholine rings is 1. The smallest absolute Gasteiger partial charge is 0.270 e. The highest BCUT2D eigenvalue weighted by Gasteiger charge is 2.34. The van der Waals surface area contributed by atoms with Gasteiger partial charge in [0.05, 0.1) is 18.9 Å². The number of hydrogen-bond donors (Lipinski definition) is 1. The molecule has 2 saturated heterocycles. The fourth-order valence-electron chi connectivity index (χ4n) is 4.59. The highest BCUT2D eigenvalue weighted by molar-refractivity contribution is 7.80. The topological polar surface area (TPSA) is 66.8 Å². The first kappa shape index (κ1) is 23.0. The maximum Gasteiger partial charge on any atom is 0.270 e. The first-order valence-corrected chi connectivity index (χ1v) is 11.9. The molecule has 7 nitrogen and oxygen atoms in total. The number of amides is 2. The fraction of sp³-hybridized carbons (Fsp3) is 0.222. The average molecular weight is 487 g/mol. The molecule has 0 aliphatic carbocycles. The molecule has 0 unspecified atom stereocenters. The predicted molar refractivity (Wildman–Crippen MR) is 141 cm³/mol. The quantitative estimate of drug-likeness (QED) is 0.346. The molecular formula is C27H26N4O3S. The van der Waals surface area contributed by atoms with Crippen LogP contribution in [0, 0.1) is 13.8 Å². The Morgan fingerprint density at radius 2 is 1.57 bits per heavy atom. The number of aryl methyl sites for hydroxylation is 1. The van der Waals surface area contributed by atoms with Crippen molar-refractivity contribution in [1.29, 1.82) is 0 Å². The molecule has 0 radical (unpaired) electrons. The molecule has 0 bridgehead atoms. The Labute approximate surface area is 209 Å². The monoisotopic (exact) mass is 486 g/mol. The summed E-state index contributed by atoms with van der Waals surface area (Å²) < 4.78 is 7.58. The number of anilines is 2. The summed E-state index contributed by atoms with van der Waals surface area (Å²) in [5, 5.41) is 2.73. The maximum absolute atomic E-state index is 13.3. The van der Waals surface area contributed by atoms with Gasteiger partial charge in [0, 0.05) is 35.9 Å². The third-order valence-electron chi connectivity index (χ3n) is 6.37. The summed E-state index contributed by atoms with van der Waals surface area (Å²) in [7, 11) is 0. The van der Waals surface area contributed by atoms with E-state index in [1.807, 2.05) is 38.1 Å². The SMILES string of the molecule is Cc1cc(/C=C2/C(=O)NC(=S)N(c3ccccc3)C2=O)c(C)n1-c1ccc(N2CCOCC2)cc1. The molecule has 5 rings (SSSR count). The molecule has 3 heterocycles. The minimum atomic E-state index is -0.494. The zero-order valence-corrected chi connectivity index (χ0v) is 20.5. The van der Waals surface area contributed by atoms with Gasteiger partial charge in [-0.05, 0) is 80.2 Å². The van der Waals surface area contributed by atoms with E-state index in [9.17, 15) is 9.59 Å². The van der Waals surface area contributed by atoms with Crippen LogP contribution in [0.4, 0.5) is 11.4 Å².